The number of hydrogen-bond acceptors (Lipinski definition) is 5. The molecular formula is C18H21N3O4S. The number of nitrogens with one attached hydrogen (secondary N) is 1. The first-order valence-corrected chi connectivity index (χ1v) is 9.72. The SMILES string of the molecule is NC(C(=O)Nc1cccc(S(=O)(=O)N2CCOCC2)c1)c1ccccc1. The van der Waals surface area contributed by atoms with Gasteiger partial charge in [0.2, 0.25) is 15.9 Å². The number of amides is 1. The molecule has 138 valence electrons. The lowest BCUT2D eigenvalue weighted by molar-refractivity contribution is -0.117. The van der Waals surface area contributed by atoms with Crippen LogP contribution < -0.4 is 11.1 Å². The summed E-state index contributed by atoms with van der Waals surface area (Å²) in [6.07, 6.45) is 0. The molecule has 3 N–H and O–H groups in total. The molecule has 1 fully saturated rings. The number of rotatable bonds is 5. The Balaban J connectivity index is 1.76. The van der Waals surface area contributed by atoms with Crippen LogP contribution >= 0.6 is 0 Å². The number of carbonyl (C=O) groups is 1. The molecule has 7 nitrogen and oxygen atoms in total. The van der Waals surface area contributed by atoms with E-state index in [1.165, 1.54) is 16.4 Å². The molecule has 1 saturated heterocycles. The number of benzene rings is 2. The molecule has 3 rings (SSSR count). The number of ether oxygens (including phenoxy) is 1. The lowest BCUT2D eigenvalue weighted by Gasteiger charge is -2.26. The number of nitrogens with two attached hydrogens (primary N) is 1. The van der Waals surface area contributed by atoms with E-state index >= 15 is 0 Å². The number of carbonyl (C=O) groups excluding carboxylic acids is 1. The predicted octanol–water partition coefficient (Wildman–Crippen LogP) is 1.35. The lowest BCUT2D eigenvalue weighted by Crippen LogP contribution is -2.40. The Labute approximate surface area is 152 Å². The van der Waals surface area contributed by atoms with E-state index < -0.39 is 22.0 Å². The Hall–Kier alpha value is -2.26. The first-order chi connectivity index (χ1) is 12.5. The van der Waals surface area contributed by atoms with Gasteiger partial charge in [-0.15, -0.1) is 0 Å². The average molecular weight is 375 g/mol. The van der Waals surface area contributed by atoms with Crippen molar-refractivity contribution in [2.24, 2.45) is 5.73 Å². The molecule has 1 aliphatic rings. The van der Waals surface area contributed by atoms with Gasteiger partial charge in [-0.05, 0) is 23.8 Å². The molecule has 8 heteroatoms. The number of nitrogens with zero attached hydrogens (tertiary/aromatic N) is 1. The lowest BCUT2D eigenvalue weighted by atomic mass is 10.1. The average Bonchev–Trinajstić information content (AvgIpc) is 2.69. The number of hydrogen-bond donors (Lipinski definition) is 2. The third-order valence-electron chi connectivity index (χ3n) is 4.15. The molecule has 1 unspecified atom stereocenters. The van der Waals surface area contributed by atoms with Gasteiger partial charge in [0, 0.05) is 18.8 Å². The van der Waals surface area contributed by atoms with Crippen molar-refractivity contribution < 1.29 is 17.9 Å². The van der Waals surface area contributed by atoms with E-state index in [0.717, 1.165) is 0 Å². The summed E-state index contributed by atoms with van der Waals surface area (Å²) < 4.78 is 32.0. The first kappa shape index (κ1) is 18.5. The molecule has 1 amide bonds. The molecule has 1 aliphatic heterocycles. The second kappa shape index (κ2) is 7.96. The Bertz CT molecular complexity index is 865. The van der Waals surface area contributed by atoms with E-state index in [0.29, 0.717) is 37.6 Å². The summed E-state index contributed by atoms with van der Waals surface area (Å²) in [6.45, 7) is 1.39. The maximum Gasteiger partial charge on any atom is 0.245 e. The molecule has 0 radical (unpaired) electrons. The van der Waals surface area contributed by atoms with Gasteiger partial charge >= 0.3 is 0 Å². The maximum absolute atomic E-state index is 12.7. The van der Waals surface area contributed by atoms with E-state index in [-0.39, 0.29) is 4.90 Å². The molecule has 0 bridgehead atoms. The van der Waals surface area contributed by atoms with Gasteiger partial charge in [0.1, 0.15) is 6.04 Å². The van der Waals surface area contributed by atoms with Crippen molar-refractivity contribution in [2.45, 2.75) is 10.9 Å². The van der Waals surface area contributed by atoms with Gasteiger partial charge in [-0.3, -0.25) is 4.79 Å². The summed E-state index contributed by atoms with van der Waals surface area (Å²) in [4.78, 5) is 12.5. The highest BCUT2D eigenvalue weighted by molar-refractivity contribution is 7.89. The molecule has 1 atom stereocenters. The van der Waals surface area contributed by atoms with Crippen molar-refractivity contribution in [3.8, 4) is 0 Å². The number of morpholine rings is 1. The monoisotopic (exact) mass is 375 g/mol. The zero-order chi connectivity index (χ0) is 18.6. The van der Waals surface area contributed by atoms with Crippen LogP contribution in [0.3, 0.4) is 0 Å². The van der Waals surface area contributed by atoms with Gasteiger partial charge < -0.3 is 15.8 Å². The van der Waals surface area contributed by atoms with E-state index in [1.54, 1.807) is 36.4 Å². The second-order valence-corrected chi connectivity index (χ2v) is 7.86. The van der Waals surface area contributed by atoms with Crippen molar-refractivity contribution in [3.05, 3.63) is 60.2 Å². The normalized spacial score (nSPS) is 16.8. The molecular weight excluding hydrogens is 354 g/mol. The third-order valence-corrected chi connectivity index (χ3v) is 6.05. The minimum Gasteiger partial charge on any atom is -0.379 e. The predicted molar refractivity (Wildman–Crippen MR) is 98.0 cm³/mol. The minimum absolute atomic E-state index is 0.130. The van der Waals surface area contributed by atoms with Crippen molar-refractivity contribution in [1.29, 1.82) is 0 Å². The summed E-state index contributed by atoms with van der Waals surface area (Å²) in [5, 5.41) is 2.68. The molecule has 26 heavy (non-hydrogen) atoms. The smallest absolute Gasteiger partial charge is 0.245 e. The molecule has 0 aromatic heterocycles. The van der Waals surface area contributed by atoms with Crippen molar-refractivity contribution in [2.75, 3.05) is 31.6 Å². The van der Waals surface area contributed by atoms with Crippen LogP contribution in [-0.2, 0) is 19.6 Å². The van der Waals surface area contributed by atoms with Gasteiger partial charge in [0.25, 0.3) is 0 Å². The van der Waals surface area contributed by atoms with Crippen LogP contribution in [-0.4, -0.2) is 44.9 Å². The molecule has 1 heterocycles. The van der Waals surface area contributed by atoms with Crippen LogP contribution in [0.5, 0.6) is 0 Å². The van der Waals surface area contributed by atoms with Gasteiger partial charge in [0.15, 0.2) is 0 Å². The van der Waals surface area contributed by atoms with E-state index in [2.05, 4.69) is 5.32 Å². The Morgan fingerprint density at radius 2 is 1.77 bits per heavy atom. The highest BCUT2D eigenvalue weighted by atomic mass is 32.2. The van der Waals surface area contributed by atoms with Gasteiger partial charge in [-0.1, -0.05) is 36.4 Å². The second-order valence-electron chi connectivity index (χ2n) is 5.92. The van der Waals surface area contributed by atoms with Crippen LogP contribution in [0.1, 0.15) is 11.6 Å². The fraction of sp³-hybridized carbons (Fsp3) is 0.278. The summed E-state index contributed by atoms with van der Waals surface area (Å²) in [6, 6.07) is 14.3. The van der Waals surface area contributed by atoms with Crippen molar-refractivity contribution in [3.63, 3.8) is 0 Å². The topological polar surface area (TPSA) is 102 Å². The fourth-order valence-corrected chi connectivity index (χ4v) is 4.16. The summed E-state index contributed by atoms with van der Waals surface area (Å²) in [5.74, 6) is -0.405. The molecule has 2 aromatic carbocycles. The molecule has 2 aromatic rings. The van der Waals surface area contributed by atoms with Crippen LogP contribution in [0.15, 0.2) is 59.5 Å². The van der Waals surface area contributed by atoms with Gasteiger partial charge in [-0.25, -0.2) is 8.42 Å². The van der Waals surface area contributed by atoms with E-state index in [4.69, 9.17) is 10.5 Å². The first-order valence-electron chi connectivity index (χ1n) is 8.28. The fourth-order valence-electron chi connectivity index (χ4n) is 2.70. The third kappa shape index (κ3) is 4.10. The van der Waals surface area contributed by atoms with E-state index in [9.17, 15) is 13.2 Å². The molecule has 0 aliphatic carbocycles. The molecule has 0 saturated carbocycles. The van der Waals surface area contributed by atoms with Gasteiger partial charge in [0.05, 0.1) is 18.1 Å². The van der Waals surface area contributed by atoms with Gasteiger partial charge in [-0.2, -0.15) is 4.31 Å². The number of anilines is 1. The van der Waals surface area contributed by atoms with Crippen LogP contribution in [0, 0.1) is 0 Å². The van der Waals surface area contributed by atoms with Crippen molar-refractivity contribution in [1.82, 2.24) is 4.31 Å². The molecule has 0 spiro atoms. The Morgan fingerprint density at radius 1 is 1.08 bits per heavy atom. The summed E-state index contributed by atoms with van der Waals surface area (Å²) in [7, 11) is -3.62. The number of sulfonamides is 1. The van der Waals surface area contributed by atoms with Crippen molar-refractivity contribution >= 4 is 21.6 Å². The summed E-state index contributed by atoms with van der Waals surface area (Å²) >= 11 is 0. The Morgan fingerprint density at radius 3 is 2.46 bits per heavy atom. The van der Waals surface area contributed by atoms with Crippen LogP contribution in [0.4, 0.5) is 5.69 Å². The summed E-state index contributed by atoms with van der Waals surface area (Å²) in [5.41, 5.74) is 7.04. The maximum atomic E-state index is 12.7. The Kier molecular flexibility index (Phi) is 5.67. The van der Waals surface area contributed by atoms with E-state index in [1.807, 2.05) is 6.07 Å². The van der Waals surface area contributed by atoms with Crippen LogP contribution in [0.25, 0.3) is 0 Å². The zero-order valence-electron chi connectivity index (χ0n) is 14.2. The van der Waals surface area contributed by atoms with Crippen LogP contribution in [0.2, 0.25) is 0 Å². The minimum atomic E-state index is -3.62. The highest BCUT2D eigenvalue weighted by Gasteiger charge is 2.26. The zero-order valence-corrected chi connectivity index (χ0v) is 15.0. The largest absolute Gasteiger partial charge is 0.379 e. The quantitative estimate of drug-likeness (QED) is 0.821. The highest BCUT2D eigenvalue weighted by Crippen LogP contribution is 2.21. The standard InChI is InChI=1S/C18H21N3O4S/c19-17(14-5-2-1-3-6-14)18(22)20-15-7-4-8-16(13-15)26(23,24)21-9-11-25-12-10-21/h1-8,13,17H,9-12,19H2,(H,20,22).